The van der Waals surface area contributed by atoms with Gasteiger partial charge in [0.05, 0.1) is 0 Å². The molecule has 0 fully saturated rings. The molecular formula is C10H12ClNO2. The lowest BCUT2D eigenvalue weighted by Crippen LogP contribution is -2.44. The molecule has 76 valence electrons. The number of aliphatic carboxylic acids is 1. The second kappa shape index (κ2) is 3.98. The van der Waals surface area contributed by atoms with Gasteiger partial charge in [0.1, 0.15) is 5.54 Å². The Labute approximate surface area is 87.7 Å². The number of nitrogens with one attached hydrogen (secondary N) is 1. The van der Waals surface area contributed by atoms with E-state index in [1.165, 1.54) is 0 Å². The summed E-state index contributed by atoms with van der Waals surface area (Å²) in [6.07, 6.45) is 0. The molecule has 0 spiro atoms. The highest BCUT2D eigenvalue weighted by molar-refractivity contribution is 6.30. The fourth-order valence-electron chi connectivity index (χ4n) is 1.16. The van der Waals surface area contributed by atoms with Crippen molar-refractivity contribution in [3.05, 3.63) is 34.9 Å². The van der Waals surface area contributed by atoms with Crippen molar-refractivity contribution in [2.75, 3.05) is 7.05 Å². The van der Waals surface area contributed by atoms with Crippen molar-refractivity contribution in [2.45, 2.75) is 12.5 Å². The lowest BCUT2D eigenvalue weighted by molar-refractivity contribution is -0.144. The Morgan fingerprint density at radius 3 is 2.29 bits per heavy atom. The summed E-state index contributed by atoms with van der Waals surface area (Å²) in [7, 11) is 1.61. The average molecular weight is 214 g/mol. The van der Waals surface area contributed by atoms with Crippen LogP contribution in [0.3, 0.4) is 0 Å². The molecular weight excluding hydrogens is 202 g/mol. The lowest BCUT2D eigenvalue weighted by atomic mass is 9.92. The molecule has 1 atom stereocenters. The minimum Gasteiger partial charge on any atom is -0.480 e. The molecule has 0 aliphatic rings. The molecule has 0 unspecified atom stereocenters. The number of carboxylic acid groups (broad SMARTS) is 1. The van der Waals surface area contributed by atoms with Gasteiger partial charge in [0.2, 0.25) is 0 Å². The number of rotatable bonds is 3. The summed E-state index contributed by atoms with van der Waals surface area (Å²) in [5.41, 5.74) is -0.387. The molecule has 3 nitrogen and oxygen atoms in total. The van der Waals surface area contributed by atoms with Gasteiger partial charge in [0.25, 0.3) is 0 Å². The summed E-state index contributed by atoms with van der Waals surface area (Å²) in [4.78, 5) is 11.0. The summed E-state index contributed by atoms with van der Waals surface area (Å²) in [6, 6.07) is 6.75. The van der Waals surface area contributed by atoms with Crippen molar-refractivity contribution in [1.82, 2.24) is 5.32 Å². The molecule has 1 aromatic rings. The summed E-state index contributed by atoms with van der Waals surface area (Å²) in [5.74, 6) is -0.915. The van der Waals surface area contributed by atoms with Gasteiger partial charge < -0.3 is 10.4 Å². The first kappa shape index (κ1) is 11.0. The van der Waals surface area contributed by atoms with Crippen molar-refractivity contribution in [3.63, 3.8) is 0 Å². The number of hydrogen-bond donors (Lipinski definition) is 2. The van der Waals surface area contributed by atoms with Crippen LogP contribution < -0.4 is 5.32 Å². The fraction of sp³-hybridized carbons (Fsp3) is 0.300. The molecule has 0 saturated carbocycles. The number of likely N-dealkylation sites (N-methyl/N-ethyl adjacent to an activating group) is 1. The zero-order valence-corrected chi connectivity index (χ0v) is 8.80. The van der Waals surface area contributed by atoms with Crippen LogP contribution in [0.25, 0.3) is 0 Å². The topological polar surface area (TPSA) is 49.3 Å². The molecule has 0 heterocycles. The summed E-state index contributed by atoms with van der Waals surface area (Å²) in [6.45, 7) is 1.61. The number of halogens is 1. The largest absolute Gasteiger partial charge is 0.480 e. The second-order valence-electron chi connectivity index (χ2n) is 3.19. The van der Waals surface area contributed by atoms with Crippen LogP contribution >= 0.6 is 11.6 Å². The third kappa shape index (κ3) is 1.89. The van der Waals surface area contributed by atoms with Crippen LogP contribution in [-0.4, -0.2) is 18.1 Å². The van der Waals surface area contributed by atoms with Gasteiger partial charge in [0, 0.05) is 5.02 Å². The molecule has 0 aliphatic carbocycles. The Bertz CT molecular complexity index is 336. The van der Waals surface area contributed by atoms with Crippen LogP contribution in [0.1, 0.15) is 12.5 Å². The van der Waals surface area contributed by atoms with Gasteiger partial charge in [-0.2, -0.15) is 0 Å². The molecule has 0 aromatic heterocycles. The maximum atomic E-state index is 11.0. The minimum absolute atomic E-state index is 0.595. The van der Waals surface area contributed by atoms with Gasteiger partial charge in [0.15, 0.2) is 0 Å². The fourth-order valence-corrected chi connectivity index (χ4v) is 1.28. The molecule has 1 aromatic carbocycles. The first-order valence-corrected chi connectivity index (χ1v) is 4.57. The first-order chi connectivity index (χ1) is 6.50. The Morgan fingerprint density at radius 1 is 1.43 bits per heavy atom. The maximum Gasteiger partial charge on any atom is 0.328 e. The molecule has 0 amide bonds. The Balaban J connectivity index is 3.13. The van der Waals surface area contributed by atoms with E-state index >= 15 is 0 Å². The summed E-state index contributed by atoms with van der Waals surface area (Å²) >= 11 is 5.72. The highest BCUT2D eigenvalue weighted by Gasteiger charge is 2.32. The number of hydrogen-bond acceptors (Lipinski definition) is 2. The summed E-state index contributed by atoms with van der Waals surface area (Å²) < 4.78 is 0. The van der Waals surface area contributed by atoms with Gasteiger partial charge in [-0.1, -0.05) is 23.7 Å². The van der Waals surface area contributed by atoms with Crippen molar-refractivity contribution < 1.29 is 9.90 Å². The van der Waals surface area contributed by atoms with Crippen LogP contribution in [0.4, 0.5) is 0 Å². The molecule has 2 N–H and O–H groups in total. The molecule has 0 saturated heterocycles. The van der Waals surface area contributed by atoms with Crippen LogP contribution in [0.2, 0.25) is 5.02 Å². The smallest absolute Gasteiger partial charge is 0.328 e. The van der Waals surface area contributed by atoms with Gasteiger partial charge in [-0.05, 0) is 31.7 Å². The Kier molecular flexibility index (Phi) is 3.13. The normalized spacial score (nSPS) is 14.8. The van der Waals surface area contributed by atoms with Gasteiger partial charge in [-0.15, -0.1) is 0 Å². The van der Waals surface area contributed by atoms with E-state index in [4.69, 9.17) is 16.7 Å². The molecule has 14 heavy (non-hydrogen) atoms. The predicted molar refractivity (Wildman–Crippen MR) is 55.5 cm³/mol. The third-order valence-electron chi connectivity index (χ3n) is 2.35. The SMILES string of the molecule is CN[C@@](C)(C(=O)O)c1ccc(Cl)cc1. The first-order valence-electron chi connectivity index (χ1n) is 4.19. The van der Waals surface area contributed by atoms with E-state index in [1.54, 1.807) is 38.2 Å². The van der Waals surface area contributed by atoms with E-state index in [-0.39, 0.29) is 0 Å². The average Bonchev–Trinajstić information content (AvgIpc) is 2.17. The van der Waals surface area contributed by atoms with Crippen LogP contribution in [0.15, 0.2) is 24.3 Å². The van der Waals surface area contributed by atoms with Crippen LogP contribution in [0.5, 0.6) is 0 Å². The standard InChI is InChI=1S/C10H12ClNO2/c1-10(12-2,9(13)14)7-3-5-8(11)6-4-7/h3-6,12H,1-2H3,(H,13,14)/t10-/m1/s1. The van der Waals surface area contributed by atoms with Crippen LogP contribution in [-0.2, 0) is 10.3 Å². The molecule has 0 bridgehead atoms. The van der Waals surface area contributed by atoms with Crippen molar-refractivity contribution >= 4 is 17.6 Å². The zero-order valence-electron chi connectivity index (χ0n) is 8.04. The lowest BCUT2D eigenvalue weighted by Gasteiger charge is -2.24. The van der Waals surface area contributed by atoms with Gasteiger partial charge in [-0.25, -0.2) is 4.79 Å². The number of carbonyl (C=O) groups is 1. The van der Waals surface area contributed by atoms with Gasteiger partial charge in [-0.3, -0.25) is 0 Å². The predicted octanol–water partition coefficient (Wildman–Crippen LogP) is 1.86. The third-order valence-corrected chi connectivity index (χ3v) is 2.60. The highest BCUT2D eigenvalue weighted by Crippen LogP contribution is 2.22. The molecule has 0 aliphatic heterocycles. The quantitative estimate of drug-likeness (QED) is 0.806. The number of benzene rings is 1. The van der Waals surface area contributed by atoms with E-state index in [0.29, 0.717) is 10.6 Å². The minimum atomic E-state index is -1.06. The Morgan fingerprint density at radius 2 is 1.93 bits per heavy atom. The number of carboxylic acids is 1. The van der Waals surface area contributed by atoms with Crippen LogP contribution in [0, 0.1) is 0 Å². The van der Waals surface area contributed by atoms with E-state index in [0.717, 1.165) is 0 Å². The monoisotopic (exact) mass is 213 g/mol. The van der Waals surface area contributed by atoms with Crippen molar-refractivity contribution in [1.29, 1.82) is 0 Å². The molecule has 4 heteroatoms. The van der Waals surface area contributed by atoms with E-state index < -0.39 is 11.5 Å². The highest BCUT2D eigenvalue weighted by atomic mass is 35.5. The van der Waals surface area contributed by atoms with E-state index in [1.807, 2.05) is 0 Å². The zero-order chi connectivity index (χ0) is 10.8. The van der Waals surface area contributed by atoms with Crippen molar-refractivity contribution in [3.8, 4) is 0 Å². The second-order valence-corrected chi connectivity index (χ2v) is 3.62. The van der Waals surface area contributed by atoms with E-state index in [9.17, 15) is 4.79 Å². The van der Waals surface area contributed by atoms with Gasteiger partial charge >= 0.3 is 5.97 Å². The van der Waals surface area contributed by atoms with Crippen molar-refractivity contribution in [2.24, 2.45) is 0 Å². The molecule has 0 radical (unpaired) electrons. The maximum absolute atomic E-state index is 11.0. The summed E-state index contributed by atoms with van der Waals surface area (Å²) in [5, 5.41) is 12.4. The van der Waals surface area contributed by atoms with E-state index in [2.05, 4.69) is 5.32 Å². The Hall–Kier alpha value is -1.06. The molecule has 1 rings (SSSR count).